The van der Waals surface area contributed by atoms with E-state index in [0.29, 0.717) is 0 Å². The van der Waals surface area contributed by atoms with Crippen molar-refractivity contribution in [1.82, 2.24) is 9.97 Å². The van der Waals surface area contributed by atoms with E-state index in [-0.39, 0.29) is 0 Å². The van der Waals surface area contributed by atoms with Gasteiger partial charge in [-0.25, -0.2) is 9.97 Å². The standard InChI is InChI=1S/C17H16N2/c1-11-8-12(2)10-14(9-11)17-18-13(3)15-6-4-5-7-16(15)19-17/h4-10H,1-3H3. The Balaban J connectivity index is 2.25. The van der Waals surface area contributed by atoms with E-state index in [4.69, 9.17) is 0 Å². The molecule has 0 aliphatic heterocycles. The van der Waals surface area contributed by atoms with Crippen LogP contribution in [0, 0.1) is 20.8 Å². The minimum Gasteiger partial charge on any atom is -0.233 e. The highest BCUT2D eigenvalue weighted by Gasteiger charge is 2.07. The van der Waals surface area contributed by atoms with Gasteiger partial charge >= 0.3 is 0 Å². The van der Waals surface area contributed by atoms with Gasteiger partial charge in [0.25, 0.3) is 0 Å². The van der Waals surface area contributed by atoms with Gasteiger partial charge in [-0.1, -0.05) is 35.4 Å². The molecule has 0 saturated heterocycles. The summed E-state index contributed by atoms with van der Waals surface area (Å²) in [6.07, 6.45) is 0. The molecular formula is C17H16N2. The second-order valence-electron chi connectivity index (χ2n) is 5.03. The molecule has 0 radical (unpaired) electrons. The monoisotopic (exact) mass is 248 g/mol. The van der Waals surface area contributed by atoms with Gasteiger partial charge in [0.2, 0.25) is 0 Å². The molecule has 0 fully saturated rings. The maximum Gasteiger partial charge on any atom is 0.160 e. The van der Waals surface area contributed by atoms with Crippen LogP contribution in [-0.4, -0.2) is 9.97 Å². The van der Waals surface area contributed by atoms with Gasteiger partial charge in [-0.05, 0) is 39.0 Å². The van der Waals surface area contributed by atoms with Crippen molar-refractivity contribution < 1.29 is 0 Å². The average molecular weight is 248 g/mol. The second kappa shape index (κ2) is 4.47. The van der Waals surface area contributed by atoms with E-state index in [0.717, 1.165) is 28.0 Å². The lowest BCUT2D eigenvalue weighted by molar-refractivity contribution is 1.15. The van der Waals surface area contributed by atoms with Crippen LogP contribution in [-0.2, 0) is 0 Å². The quantitative estimate of drug-likeness (QED) is 0.644. The van der Waals surface area contributed by atoms with Crippen LogP contribution in [0.3, 0.4) is 0 Å². The molecule has 1 heterocycles. The third kappa shape index (κ3) is 2.22. The summed E-state index contributed by atoms with van der Waals surface area (Å²) in [5.74, 6) is 0.808. The molecule has 0 aliphatic carbocycles. The summed E-state index contributed by atoms with van der Waals surface area (Å²) in [6, 6.07) is 14.6. The molecule has 0 N–H and O–H groups in total. The summed E-state index contributed by atoms with van der Waals surface area (Å²) < 4.78 is 0. The van der Waals surface area contributed by atoms with Crippen LogP contribution in [0.25, 0.3) is 22.3 Å². The summed E-state index contributed by atoms with van der Waals surface area (Å²) in [5, 5.41) is 1.12. The summed E-state index contributed by atoms with van der Waals surface area (Å²) >= 11 is 0. The number of aryl methyl sites for hydroxylation is 3. The van der Waals surface area contributed by atoms with Crippen LogP contribution >= 0.6 is 0 Å². The van der Waals surface area contributed by atoms with Gasteiger partial charge in [0, 0.05) is 16.6 Å². The SMILES string of the molecule is Cc1cc(C)cc(-c2nc(C)c3ccccc3n2)c1. The van der Waals surface area contributed by atoms with Crippen LogP contribution in [0.5, 0.6) is 0 Å². The Labute approximate surface area is 113 Å². The predicted molar refractivity (Wildman–Crippen MR) is 79.2 cm³/mol. The number of hydrogen-bond donors (Lipinski definition) is 0. The van der Waals surface area contributed by atoms with Gasteiger partial charge < -0.3 is 0 Å². The molecule has 3 aromatic rings. The van der Waals surface area contributed by atoms with Crippen molar-refractivity contribution in [1.29, 1.82) is 0 Å². The van der Waals surface area contributed by atoms with E-state index in [9.17, 15) is 0 Å². The highest BCUT2D eigenvalue weighted by atomic mass is 14.9. The highest BCUT2D eigenvalue weighted by Crippen LogP contribution is 2.22. The molecule has 2 aromatic carbocycles. The first-order valence-corrected chi connectivity index (χ1v) is 6.45. The van der Waals surface area contributed by atoms with Gasteiger partial charge in [-0.3, -0.25) is 0 Å². The molecule has 0 bridgehead atoms. The first kappa shape index (κ1) is 11.8. The zero-order valence-electron chi connectivity index (χ0n) is 11.4. The molecule has 2 nitrogen and oxygen atoms in total. The normalized spacial score (nSPS) is 10.9. The van der Waals surface area contributed by atoms with E-state index in [1.165, 1.54) is 11.1 Å². The molecule has 0 amide bonds. The largest absolute Gasteiger partial charge is 0.233 e. The van der Waals surface area contributed by atoms with Crippen LogP contribution in [0.4, 0.5) is 0 Å². The van der Waals surface area contributed by atoms with Crippen molar-refractivity contribution in [3.8, 4) is 11.4 Å². The average Bonchev–Trinajstić information content (AvgIpc) is 2.37. The number of rotatable bonds is 1. The Morgan fingerprint density at radius 2 is 1.47 bits per heavy atom. The smallest absolute Gasteiger partial charge is 0.160 e. The Kier molecular flexibility index (Phi) is 2.79. The molecule has 1 aromatic heterocycles. The van der Waals surface area contributed by atoms with Crippen molar-refractivity contribution in [2.45, 2.75) is 20.8 Å². The molecule has 0 spiro atoms. The summed E-state index contributed by atoms with van der Waals surface area (Å²) in [4.78, 5) is 9.32. The van der Waals surface area contributed by atoms with Gasteiger partial charge in [0.05, 0.1) is 5.52 Å². The number of para-hydroxylation sites is 1. The van der Waals surface area contributed by atoms with Gasteiger partial charge in [0.15, 0.2) is 5.82 Å². The van der Waals surface area contributed by atoms with E-state index >= 15 is 0 Å². The fourth-order valence-corrected chi connectivity index (χ4v) is 2.47. The number of benzene rings is 2. The van der Waals surface area contributed by atoms with Crippen LogP contribution in [0.2, 0.25) is 0 Å². The topological polar surface area (TPSA) is 25.8 Å². The summed E-state index contributed by atoms with van der Waals surface area (Å²) in [7, 11) is 0. The third-order valence-corrected chi connectivity index (χ3v) is 3.27. The van der Waals surface area contributed by atoms with Crippen molar-refractivity contribution in [2.24, 2.45) is 0 Å². The minimum absolute atomic E-state index is 0.808. The maximum atomic E-state index is 4.68. The number of aromatic nitrogens is 2. The van der Waals surface area contributed by atoms with Crippen molar-refractivity contribution in [2.75, 3.05) is 0 Å². The molecule has 19 heavy (non-hydrogen) atoms. The van der Waals surface area contributed by atoms with Gasteiger partial charge in [-0.15, -0.1) is 0 Å². The molecule has 0 aliphatic rings. The number of hydrogen-bond acceptors (Lipinski definition) is 2. The van der Waals surface area contributed by atoms with E-state index < -0.39 is 0 Å². The van der Waals surface area contributed by atoms with Crippen LogP contribution < -0.4 is 0 Å². The molecule has 0 unspecified atom stereocenters. The third-order valence-electron chi connectivity index (χ3n) is 3.27. The van der Waals surface area contributed by atoms with E-state index in [1.807, 2.05) is 25.1 Å². The summed E-state index contributed by atoms with van der Waals surface area (Å²) in [6.45, 7) is 6.24. The first-order chi connectivity index (χ1) is 9.13. The van der Waals surface area contributed by atoms with E-state index in [2.05, 4.69) is 48.1 Å². The predicted octanol–water partition coefficient (Wildman–Crippen LogP) is 4.22. The minimum atomic E-state index is 0.808. The Bertz CT molecular complexity index is 740. The molecule has 3 rings (SSSR count). The lowest BCUT2D eigenvalue weighted by Gasteiger charge is -2.07. The number of fused-ring (bicyclic) bond motifs is 1. The Hall–Kier alpha value is -2.22. The van der Waals surface area contributed by atoms with Crippen molar-refractivity contribution in [3.05, 3.63) is 59.3 Å². The van der Waals surface area contributed by atoms with Crippen molar-refractivity contribution in [3.63, 3.8) is 0 Å². The highest BCUT2D eigenvalue weighted by molar-refractivity contribution is 5.82. The van der Waals surface area contributed by atoms with Gasteiger partial charge in [-0.2, -0.15) is 0 Å². The maximum absolute atomic E-state index is 4.68. The lowest BCUT2D eigenvalue weighted by Crippen LogP contribution is -1.95. The summed E-state index contributed by atoms with van der Waals surface area (Å²) in [5.41, 5.74) is 5.60. The van der Waals surface area contributed by atoms with Gasteiger partial charge in [0.1, 0.15) is 0 Å². The van der Waals surface area contributed by atoms with Crippen LogP contribution in [0.1, 0.15) is 16.8 Å². The Morgan fingerprint density at radius 3 is 2.21 bits per heavy atom. The lowest BCUT2D eigenvalue weighted by atomic mass is 10.1. The molecule has 0 atom stereocenters. The fourth-order valence-electron chi connectivity index (χ4n) is 2.47. The zero-order valence-corrected chi connectivity index (χ0v) is 11.4. The molecule has 2 heteroatoms. The van der Waals surface area contributed by atoms with Crippen LogP contribution in [0.15, 0.2) is 42.5 Å². The molecule has 0 saturated carbocycles. The zero-order chi connectivity index (χ0) is 13.4. The molecule has 94 valence electrons. The second-order valence-corrected chi connectivity index (χ2v) is 5.03. The fraction of sp³-hybridized carbons (Fsp3) is 0.176. The van der Waals surface area contributed by atoms with Crippen molar-refractivity contribution >= 4 is 10.9 Å². The van der Waals surface area contributed by atoms with E-state index in [1.54, 1.807) is 0 Å². The molecular weight excluding hydrogens is 232 g/mol. The Morgan fingerprint density at radius 1 is 0.789 bits per heavy atom. The first-order valence-electron chi connectivity index (χ1n) is 6.45. The number of nitrogens with zero attached hydrogens (tertiary/aromatic N) is 2.